The number of allylic oxidation sites excluding steroid dienone is 2. The summed E-state index contributed by atoms with van der Waals surface area (Å²) in [5, 5.41) is 0. The van der Waals surface area contributed by atoms with Crippen LogP contribution >= 0.6 is 7.82 Å². The number of unbranched alkanes of at least 4 members (excludes halogenated alkanes) is 33. The first kappa shape index (κ1) is 57.8. The second kappa shape index (κ2) is 46.3. The Morgan fingerprint density at radius 3 is 1.27 bits per heavy atom. The number of carbonyl (C=O) groups excluding carboxylic acids is 2. The zero-order valence-corrected chi connectivity index (χ0v) is 39.7. The van der Waals surface area contributed by atoms with E-state index in [1.807, 2.05) is 0 Å². The fourth-order valence-corrected chi connectivity index (χ4v) is 8.17. The van der Waals surface area contributed by atoms with Crippen molar-refractivity contribution in [3.05, 3.63) is 12.2 Å². The Balaban J connectivity index is 3.82. The summed E-state index contributed by atoms with van der Waals surface area (Å²) in [6, 6.07) is 0. The Kier molecular flexibility index (Phi) is 45.3. The van der Waals surface area contributed by atoms with Gasteiger partial charge in [-0.3, -0.25) is 18.6 Å². The maximum Gasteiger partial charge on any atom is 0.472 e. The molecule has 0 aliphatic heterocycles. The van der Waals surface area contributed by atoms with E-state index in [-0.39, 0.29) is 38.6 Å². The summed E-state index contributed by atoms with van der Waals surface area (Å²) in [4.78, 5) is 34.9. The number of hydrogen-bond donors (Lipinski definition) is 2. The summed E-state index contributed by atoms with van der Waals surface area (Å²) in [6.07, 6.45) is 50.0. The van der Waals surface area contributed by atoms with Gasteiger partial charge < -0.3 is 20.1 Å². The molecule has 59 heavy (non-hydrogen) atoms. The van der Waals surface area contributed by atoms with Crippen LogP contribution in [0.25, 0.3) is 0 Å². The zero-order valence-electron chi connectivity index (χ0n) is 38.8. The number of hydrogen-bond acceptors (Lipinski definition) is 8. The van der Waals surface area contributed by atoms with Crippen molar-refractivity contribution >= 4 is 19.8 Å². The van der Waals surface area contributed by atoms with E-state index in [1.54, 1.807) is 0 Å². The van der Waals surface area contributed by atoms with E-state index >= 15 is 0 Å². The SMILES string of the molecule is CCC/C=C\CCCCCCCC(=O)OC(COC(=O)CCCCCCCCCCCCCCCCCCCCCCCCCCCCCC)COP(=O)(O)OCCN. The number of carbonyl (C=O) groups is 2. The second-order valence-corrected chi connectivity index (χ2v) is 18.5. The highest BCUT2D eigenvalue weighted by atomic mass is 31.2. The Morgan fingerprint density at radius 2 is 0.864 bits per heavy atom. The third-order valence-corrected chi connectivity index (χ3v) is 12.1. The fraction of sp³-hybridized carbons (Fsp3) is 0.918. The first-order valence-electron chi connectivity index (χ1n) is 25.2. The fourth-order valence-electron chi connectivity index (χ4n) is 7.40. The maximum atomic E-state index is 12.5. The van der Waals surface area contributed by atoms with Crippen LogP contribution in [0.3, 0.4) is 0 Å². The summed E-state index contributed by atoms with van der Waals surface area (Å²) >= 11 is 0. The third-order valence-electron chi connectivity index (χ3n) is 11.1. The highest BCUT2D eigenvalue weighted by Crippen LogP contribution is 2.43. The monoisotopic (exact) mass is 858 g/mol. The minimum absolute atomic E-state index is 0.0547. The van der Waals surface area contributed by atoms with E-state index in [0.29, 0.717) is 6.42 Å². The van der Waals surface area contributed by atoms with E-state index in [9.17, 15) is 19.0 Å². The number of rotatable bonds is 48. The van der Waals surface area contributed by atoms with Gasteiger partial charge in [0.15, 0.2) is 6.10 Å². The predicted octanol–water partition coefficient (Wildman–Crippen LogP) is 15.0. The van der Waals surface area contributed by atoms with Crippen LogP contribution in [0.4, 0.5) is 0 Å². The molecule has 3 N–H and O–H groups in total. The standard InChI is InChI=1S/C49H96NO8P/c1-3-5-7-9-11-13-15-16-17-18-19-20-21-22-23-24-25-26-27-28-29-30-31-32-34-35-37-39-41-48(51)55-45-47(46-57-59(53,54)56-44-43-50)58-49(52)42-40-38-36-33-14-12-10-8-6-4-2/h8,10,47H,3-7,9,11-46,50H2,1-2H3,(H,53,54)/b10-8-. The molecule has 0 radical (unpaired) electrons. The summed E-state index contributed by atoms with van der Waals surface area (Å²) in [6.45, 7) is 3.70. The normalized spacial score (nSPS) is 13.2. The first-order chi connectivity index (χ1) is 28.8. The van der Waals surface area contributed by atoms with Crippen LogP contribution in [-0.2, 0) is 32.7 Å². The van der Waals surface area contributed by atoms with Gasteiger partial charge in [-0.1, -0.05) is 225 Å². The molecule has 0 saturated heterocycles. The van der Waals surface area contributed by atoms with Crippen LogP contribution < -0.4 is 5.73 Å². The van der Waals surface area contributed by atoms with Gasteiger partial charge in [0.1, 0.15) is 6.61 Å². The van der Waals surface area contributed by atoms with Gasteiger partial charge in [0.05, 0.1) is 13.2 Å². The summed E-state index contributed by atoms with van der Waals surface area (Å²) in [5.41, 5.74) is 5.35. The quantitative estimate of drug-likeness (QED) is 0.0265. The van der Waals surface area contributed by atoms with Crippen molar-refractivity contribution in [3.8, 4) is 0 Å². The molecular formula is C49H96NO8P. The van der Waals surface area contributed by atoms with Crippen LogP contribution in [0, 0.1) is 0 Å². The van der Waals surface area contributed by atoms with Crippen molar-refractivity contribution in [1.29, 1.82) is 0 Å². The highest BCUT2D eigenvalue weighted by molar-refractivity contribution is 7.47. The second-order valence-electron chi connectivity index (χ2n) is 17.0. The van der Waals surface area contributed by atoms with Crippen molar-refractivity contribution in [3.63, 3.8) is 0 Å². The van der Waals surface area contributed by atoms with E-state index in [0.717, 1.165) is 57.8 Å². The van der Waals surface area contributed by atoms with E-state index in [1.165, 1.54) is 167 Å². The number of phosphoric ester groups is 1. The van der Waals surface area contributed by atoms with Gasteiger partial charge >= 0.3 is 19.8 Å². The minimum atomic E-state index is -4.37. The average Bonchev–Trinajstić information content (AvgIpc) is 3.22. The van der Waals surface area contributed by atoms with E-state index in [2.05, 4.69) is 26.0 Å². The molecule has 0 aliphatic carbocycles. The van der Waals surface area contributed by atoms with Gasteiger partial charge in [0.25, 0.3) is 0 Å². The van der Waals surface area contributed by atoms with Gasteiger partial charge in [0.2, 0.25) is 0 Å². The maximum absolute atomic E-state index is 12.5. The molecule has 0 fully saturated rings. The minimum Gasteiger partial charge on any atom is -0.462 e. The largest absolute Gasteiger partial charge is 0.472 e. The molecule has 0 aromatic rings. The van der Waals surface area contributed by atoms with E-state index < -0.39 is 26.5 Å². The molecule has 0 bridgehead atoms. The summed E-state index contributed by atoms with van der Waals surface area (Å²) in [7, 11) is -4.37. The third kappa shape index (κ3) is 46.1. The first-order valence-corrected chi connectivity index (χ1v) is 26.7. The topological polar surface area (TPSA) is 134 Å². The van der Waals surface area contributed by atoms with E-state index in [4.69, 9.17) is 24.3 Å². The average molecular weight is 858 g/mol. The van der Waals surface area contributed by atoms with Gasteiger partial charge in [0, 0.05) is 19.4 Å². The van der Waals surface area contributed by atoms with Crippen LogP contribution in [0.1, 0.15) is 258 Å². The number of nitrogens with two attached hydrogens (primary N) is 1. The molecule has 0 aliphatic rings. The molecular weight excluding hydrogens is 762 g/mol. The molecule has 350 valence electrons. The van der Waals surface area contributed by atoms with Gasteiger partial charge in [-0.05, 0) is 32.1 Å². The van der Waals surface area contributed by atoms with Crippen LogP contribution in [0.5, 0.6) is 0 Å². The molecule has 0 spiro atoms. The van der Waals surface area contributed by atoms with Crippen LogP contribution in [0.15, 0.2) is 12.2 Å². The van der Waals surface area contributed by atoms with Crippen molar-refractivity contribution < 1.29 is 37.6 Å². The van der Waals surface area contributed by atoms with Crippen molar-refractivity contribution in [2.75, 3.05) is 26.4 Å². The molecule has 9 nitrogen and oxygen atoms in total. The van der Waals surface area contributed by atoms with Crippen molar-refractivity contribution in [1.82, 2.24) is 0 Å². The summed E-state index contributed by atoms with van der Waals surface area (Å²) < 4.78 is 32.8. The lowest BCUT2D eigenvalue weighted by atomic mass is 10.0. The van der Waals surface area contributed by atoms with Gasteiger partial charge in [-0.15, -0.1) is 0 Å². The molecule has 2 unspecified atom stereocenters. The smallest absolute Gasteiger partial charge is 0.462 e. The highest BCUT2D eigenvalue weighted by Gasteiger charge is 2.26. The van der Waals surface area contributed by atoms with Gasteiger partial charge in [-0.25, -0.2) is 4.57 Å². The molecule has 0 aromatic carbocycles. The van der Waals surface area contributed by atoms with Crippen molar-refractivity contribution in [2.24, 2.45) is 5.73 Å². The summed E-state index contributed by atoms with van der Waals surface area (Å²) in [5.74, 6) is -0.828. The number of phosphoric acid groups is 1. The molecule has 10 heteroatoms. The Morgan fingerprint density at radius 1 is 0.492 bits per heavy atom. The van der Waals surface area contributed by atoms with Crippen LogP contribution in [-0.4, -0.2) is 49.3 Å². The molecule has 0 heterocycles. The molecule has 2 atom stereocenters. The lowest BCUT2D eigenvalue weighted by Gasteiger charge is -2.19. The molecule has 0 amide bonds. The Bertz CT molecular complexity index is 980. The van der Waals surface area contributed by atoms with Crippen molar-refractivity contribution in [2.45, 2.75) is 264 Å². The Hall–Kier alpha value is -1.25. The predicted molar refractivity (Wildman–Crippen MR) is 248 cm³/mol. The lowest BCUT2D eigenvalue weighted by molar-refractivity contribution is -0.161. The van der Waals surface area contributed by atoms with Gasteiger partial charge in [-0.2, -0.15) is 0 Å². The molecule has 0 rings (SSSR count). The Labute approximate surface area is 364 Å². The number of esters is 2. The van der Waals surface area contributed by atoms with Crippen LogP contribution in [0.2, 0.25) is 0 Å². The number of ether oxygens (including phenoxy) is 2. The molecule has 0 saturated carbocycles. The lowest BCUT2D eigenvalue weighted by Crippen LogP contribution is -2.29. The zero-order chi connectivity index (χ0) is 43.2. The molecule has 0 aromatic heterocycles.